The number of hydrogen-bond donors (Lipinski definition) is 2. The Hall–Kier alpha value is -2.83. The number of aromatic amines is 1. The second-order valence-electron chi connectivity index (χ2n) is 3.59. The SMILES string of the molecule is O=C(Cc1nn[nH]n1)NN=CC=Cc1ccccc1. The van der Waals surface area contributed by atoms with Crippen LogP contribution in [0, 0.1) is 0 Å². The summed E-state index contributed by atoms with van der Waals surface area (Å²) < 4.78 is 0. The first kappa shape index (κ1) is 12.6. The lowest BCUT2D eigenvalue weighted by atomic mass is 10.2. The van der Waals surface area contributed by atoms with Crippen molar-refractivity contribution in [3.63, 3.8) is 0 Å². The van der Waals surface area contributed by atoms with Crippen molar-refractivity contribution in [2.45, 2.75) is 6.42 Å². The van der Waals surface area contributed by atoms with Gasteiger partial charge in [-0.05, 0) is 11.6 Å². The molecule has 2 rings (SSSR count). The Morgan fingerprint density at radius 2 is 2.21 bits per heavy atom. The first-order chi connectivity index (χ1) is 9.34. The summed E-state index contributed by atoms with van der Waals surface area (Å²) in [6.07, 6.45) is 5.16. The lowest BCUT2D eigenvalue weighted by Crippen LogP contribution is -2.20. The fourth-order valence-corrected chi connectivity index (χ4v) is 1.31. The summed E-state index contributed by atoms with van der Waals surface area (Å²) in [6, 6.07) is 9.79. The van der Waals surface area contributed by atoms with Gasteiger partial charge in [-0.25, -0.2) is 5.43 Å². The summed E-state index contributed by atoms with van der Waals surface area (Å²) in [7, 11) is 0. The van der Waals surface area contributed by atoms with Gasteiger partial charge in [-0.15, -0.1) is 10.2 Å². The number of amides is 1. The van der Waals surface area contributed by atoms with Crippen LogP contribution >= 0.6 is 0 Å². The Balaban J connectivity index is 1.74. The zero-order valence-corrected chi connectivity index (χ0v) is 10.0. The number of nitrogens with one attached hydrogen (secondary N) is 2. The van der Waals surface area contributed by atoms with Gasteiger partial charge >= 0.3 is 0 Å². The molecule has 0 aliphatic heterocycles. The molecule has 0 fully saturated rings. The number of hydrazone groups is 1. The van der Waals surface area contributed by atoms with Gasteiger partial charge in [0.2, 0.25) is 5.91 Å². The van der Waals surface area contributed by atoms with E-state index in [0.29, 0.717) is 5.82 Å². The number of rotatable bonds is 5. The van der Waals surface area contributed by atoms with Crippen molar-refractivity contribution in [3.8, 4) is 0 Å². The highest BCUT2D eigenvalue weighted by Gasteiger charge is 2.04. The molecule has 0 atom stereocenters. The number of nitrogens with zero attached hydrogens (tertiary/aromatic N) is 4. The van der Waals surface area contributed by atoms with Gasteiger partial charge in [0, 0.05) is 6.21 Å². The number of allylic oxidation sites excluding steroid dienone is 1. The molecule has 0 saturated heterocycles. The second-order valence-corrected chi connectivity index (χ2v) is 3.59. The van der Waals surface area contributed by atoms with E-state index in [1.54, 1.807) is 6.08 Å². The normalized spacial score (nSPS) is 11.2. The highest BCUT2D eigenvalue weighted by molar-refractivity contribution is 5.81. The predicted octanol–water partition coefficient (Wildman–Crippen LogP) is 0.558. The van der Waals surface area contributed by atoms with Crippen LogP contribution in [0.2, 0.25) is 0 Å². The highest BCUT2D eigenvalue weighted by Crippen LogP contribution is 1.99. The lowest BCUT2D eigenvalue weighted by Gasteiger charge is -1.93. The summed E-state index contributed by atoms with van der Waals surface area (Å²) >= 11 is 0. The van der Waals surface area contributed by atoms with E-state index in [-0.39, 0.29) is 12.3 Å². The molecule has 19 heavy (non-hydrogen) atoms. The van der Waals surface area contributed by atoms with Crippen molar-refractivity contribution in [3.05, 3.63) is 47.8 Å². The van der Waals surface area contributed by atoms with E-state index < -0.39 is 0 Å². The third-order valence-electron chi connectivity index (χ3n) is 2.15. The minimum Gasteiger partial charge on any atom is -0.273 e. The van der Waals surface area contributed by atoms with Gasteiger partial charge in [0.1, 0.15) is 0 Å². The molecule has 1 amide bonds. The Kier molecular flexibility index (Phi) is 4.52. The topological polar surface area (TPSA) is 95.9 Å². The molecule has 0 radical (unpaired) electrons. The number of benzene rings is 1. The molecule has 0 saturated carbocycles. The van der Waals surface area contributed by atoms with Crippen LogP contribution in [0.25, 0.3) is 6.08 Å². The quantitative estimate of drug-likeness (QED) is 0.603. The van der Waals surface area contributed by atoms with Crippen LogP contribution in [0.1, 0.15) is 11.4 Å². The van der Waals surface area contributed by atoms with E-state index in [2.05, 4.69) is 31.2 Å². The molecule has 1 heterocycles. The van der Waals surface area contributed by atoms with Crippen LogP contribution in [0.4, 0.5) is 0 Å². The van der Waals surface area contributed by atoms with Crippen LogP contribution in [-0.4, -0.2) is 32.7 Å². The van der Waals surface area contributed by atoms with Gasteiger partial charge in [-0.1, -0.05) is 41.6 Å². The minimum atomic E-state index is -0.300. The average Bonchev–Trinajstić information content (AvgIpc) is 2.92. The standard InChI is InChI=1S/C12H12N6O/c19-12(9-11-14-17-18-15-11)16-13-8-4-7-10-5-2-1-3-6-10/h1-8H,9H2,(H,16,19)(H,14,15,17,18). The van der Waals surface area contributed by atoms with E-state index in [1.807, 2.05) is 36.4 Å². The fourth-order valence-electron chi connectivity index (χ4n) is 1.31. The van der Waals surface area contributed by atoms with Gasteiger partial charge in [0.05, 0.1) is 6.42 Å². The van der Waals surface area contributed by atoms with Crippen LogP contribution < -0.4 is 5.43 Å². The average molecular weight is 256 g/mol. The number of carbonyl (C=O) groups is 1. The molecule has 1 aromatic heterocycles. The number of hydrogen-bond acceptors (Lipinski definition) is 5. The van der Waals surface area contributed by atoms with Crippen LogP contribution in [0.5, 0.6) is 0 Å². The zero-order chi connectivity index (χ0) is 13.3. The maximum atomic E-state index is 11.4. The van der Waals surface area contributed by atoms with Crippen LogP contribution in [0.3, 0.4) is 0 Å². The van der Waals surface area contributed by atoms with Crippen LogP contribution in [-0.2, 0) is 11.2 Å². The molecule has 0 aliphatic rings. The molecule has 0 spiro atoms. The maximum absolute atomic E-state index is 11.4. The maximum Gasteiger partial charge on any atom is 0.247 e. The molecule has 0 bridgehead atoms. The Bertz CT molecular complexity index is 561. The second kappa shape index (κ2) is 6.80. The Labute approximate surface area is 109 Å². The molecule has 1 aromatic carbocycles. The van der Waals surface area contributed by atoms with E-state index in [4.69, 9.17) is 0 Å². The lowest BCUT2D eigenvalue weighted by molar-refractivity contribution is -0.120. The van der Waals surface area contributed by atoms with E-state index in [0.717, 1.165) is 5.56 Å². The van der Waals surface area contributed by atoms with Crippen molar-refractivity contribution in [1.82, 2.24) is 26.0 Å². The Morgan fingerprint density at radius 1 is 1.37 bits per heavy atom. The minimum absolute atomic E-state index is 0.0379. The fraction of sp³-hybridized carbons (Fsp3) is 0.0833. The van der Waals surface area contributed by atoms with Crippen molar-refractivity contribution < 1.29 is 4.79 Å². The molecule has 2 aromatic rings. The summed E-state index contributed by atoms with van der Waals surface area (Å²) in [5.41, 5.74) is 3.43. The summed E-state index contributed by atoms with van der Waals surface area (Å²) in [4.78, 5) is 11.4. The molecule has 7 nitrogen and oxygen atoms in total. The van der Waals surface area contributed by atoms with Gasteiger partial charge in [-0.2, -0.15) is 10.3 Å². The third-order valence-corrected chi connectivity index (χ3v) is 2.15. The van der Waals surface area contributed by atoms with Gasteiger partial charge < -0.3 is 0 Å². The molecular weight excluding hydrogens is 244 g/mol. The first-order valence-corrected chi connectivity index (χ1v) is 5.60. The number of aromatic nitrogens is 4. The molecule has 0 unspecified atom stereocenters. The smallest absolute Gasteiger partial charge is 0.247 e. The third kappa shape index (κ3) is 4.50. The highest BCUT2D eigenvalue weighted by atomic mass is 16.2. The van der Waals surface area contributed by atoms with Crippen molar-refractivity contribution >= 4 is 18.2 Å². The largest absolute Gasteiger partial charge is 0.273 e. The van der Waals surface area contributed by atoms with E-state index in [1.165, 1.54) is 6.21 Å². The van der Waals surface area contributed by atoms with E-state index >= 15 is 0 Å². The van der Waals surface area contributed by atoms with Crippen LogP contribution in [0.15, 0.2) is 41.5 Å². The van der Waals surface area contributed by atoms with Crippen molar-refractivity contribution in [2.75, 3.05) is 0 Å². The zero-order valence-electron chi connectivity index (χ0n) is 10.0. The van der Waals surface area contributed by atoms with Gasteiger partial charge in [-0.3, -0.25) is 4.79 Å². The molecular formula is C12H12N6O. The van der Waals surface area contributed by atoms with Crippen molar-refractivity contribution in [1.29, 1.82) is 0 Å². The molecule has 0 aliphatic carbocycles. The predicted molar refractivity (Wildman–Crippen MR) is 70.0 cm³/mol. The number of H-pyrrole nitrogens is 1. The summed E-state index contributed by atoms with van der Waals surface area (Å²) in [6.45, 7) is 0. The van der Waals surface area contributed by atoms with Crippen molar-refractivity contribution in [2.24, 2.45) is 5.10 Å². The summed E-state index contributed by atoms with van der Waals surface area (Å²) in [5.74, 6) is 0.0262. The molecule has 2 N–H and O–H groups in total. The first-order valence-electron chi connectivity index (χ1n) is 5.60. The van der Waals surface area contributed by atoms with Gasteiger partial charge in [0.25, 0.3) is 0 Å². The number of carbonyl (C=O) groups excluding carboxylic acids is 1. The summed E-state index contributed by atoms with van der Waals surface area (Å²) in [5, 5.41) is 16.7. The molecule has 96 valence electrons. The monoisotopic (exact) mass is 256 g/mol. The Morgan fingerprint density at radius 3 is 2.95 bits per heavy atom. The molecule has 7 heteroatoms. The van der Waals surface area contributed by atoms with Gasteiger partial charge in [0.15, 0.2) is 5.82 Å². The number of tetrazole rings is 1. The van der Waals surface area contributed by atoms with E-state index in [9.17, 15) is 4.79 Å².